The summed E-state index contributed by atoms with van der Waals surface area (Å²) in [6.45, 7) is -2.68. The van der Waals surface area contributed by atoms with Gasteiger partial charge in [0, 0.05) is 28.7 Å². The number of nitrogens with one attached hydrogen (secondary N) is 2. The van der Waals surface area contributed by atoms with E-state index >= 15 is 0 Å². The Morgan fingerprint density at radius 1 is 1.21 bits per heavy atom. The van der Waals surface area contributed by atoms with Crippen molar-refractivity contribution >= 4 is 31.9 Å². The molecule has 29 heavy (non-hydrogen) atoms. The van der Waals surface area contributed by atoms with E-state index in [1.54, 1.807) is 12.1 Å². The van der Waals surface area contributed by atoms with Crippen molar-refractivity contribution in [2.45, 2.75) is 30.9 Å². The maximum atomic E-state index is 12.6. The topological polar surface area (TPSA) is 84.5 Å². The summed E-state index contributed by atoms with van der Waals surface area (Å²) in [6.07, 6.45) is 2.02. The third-order valence-electron chi connectivity index (χ3n) is 4.34. The third kappa shape index (κ3) is 6.22. The highest BCUT2D eigenvalue weighted by Crippen LogP contribution is 2.28. The van der Waals surface area contributed by atoms with Crippen LogP contribution in [-0.4, -0.2) is 27.5 Å². The van der Waals surface area contributed by atoms with Crippen LogP contribution < -0.4 is 14.8 Å². The summed E-state index contributed by atoms with van der Waals surface area (Å²) in [7, 11) is -3.70. The van der Waals surface area contributed by atoms with Crippen molar-refractivity contribution in [3.05, 3.63) is 58.1 Å². The first-order chi connectivity index (χ1) is 13.7. The summed E-state index contributed by atoms with van der Waals surface area (Å²) in [6, 6.07) is 10.1. The summed E-state index contributed by atoms with van der Waals surface area (Å²) in [5.41, 5.74) is 0.494. The number of amides is 1. The monoisotopic (exact) mass is 488 g/mol. The van der Waals surface area contributed by atoms with Gasteiger partial charge < -0.3 is 10.1 Å². The number of carbonyl (C=O) groups is 1. The molecule has 1 aliphatic rings. The molecule has 0 heterocycles. The second kappa shape index (κ2) is 9.19. The van der Waals surface area contributed by atoms with Gasteiger partial charge >= 0.3 is 6.61 Å². The zero-order chi connectivity index (χ0) is 21.0. The van der Waals surface area contributed by atoms with Gasteiger partial charge in [-0.15, -0.1) is 0 Å². The molecule has 0 radical (unpaired) electrons. The smallest absolute Gasteiger partial charge is 0.387 e. The van der Waals surface area contributed by atoms with Gasteiger partial charge in [-0.1, -0.05) is 22.0 Å². The van der Waals surface area contributed by atoms with Crippen molar-refractivity contribution in [2.24, 2.45) is 5.92 Å². The lowest BCUT2D eigenvalue weighted by molar-refractivity contribution is -0.0504. The minimum absolute atomic E-state index is 0.00465. The van der Waals surface area contributed by atoms with E-state index in [0.29, 0.717) is 22.5 Å². The number of carbonyl (C=O) groups excluding carboxylic acids is 1. The van der Waals surface area contributed by atoms with Gasteiger partial charge in [-0.05, 0) is 55.2 Å². The van der Waals surface area contributed by atoms with E-state index in [0.717, 1.165) is 12.8 Å². The highest BCUT2D eigenvalue weighted by Gasteiger charge is 2.24. The first-order valence-electron chi connectivity index (χ1n) is 8.86. The first kappa shape index (κ1) is 21.7. The predicted molar refractivity (Wildman–Crippen MR) is 106 cm³/mol. The van der Waals surface area contributed by atoms with Crippen LogP contribution >= 0.6 is 15.9 Å². The van der Waals surface area contributed by atoms with Gasteiger partial charge in [-0.3, -0.25) is 4.79 Å². The van der Waals surface area contributed by atoms with Crippen LogP contribution in [0.5, 0.6) is 5.75 Å². The number of rotatable bonds is 9. The van der Waals surface area contributed by atoms with E-state index in [1.807, 2.05) is 0 Å². The molecule has 156 valence electrons. The van der Waals surface area contributed by atoms with E-state index in [-0.39, 0.29) is 22.8 Å². The van der Waals surface area contributed by atoms with Crippen molar-refractivity contribution in [3.63, 3.8) is 0 Å². The molecule has 2 aromatic rings. The first-order valence-corrected chi connectivity index (χ1v) is 11.1. The summed E-state index contributed by atoms with van der Waals surface area (Å²) in [4.78, 5) is 12.5. The number of hydrogen-bond acceptors (Lipinski definition) is 4. The zero-order valence-corrected chi connectivity index (χ0v) is 17.6. The van der Waals surface area contributed by atoms with E-state index in [4.69, 9.17) is 0 Å². The molecule has 0 unspecified atom stereocenters. The van der Waals surface area contributed by atoms with E-state index in [2.05, 4.69) is 30.7 Å². The van der Waals surface area contributed by atoms with Crippen LogP contribution in [0, 0.1) is 5.92 Å². The van der Waals surface area contributed by atoms with E-state index in [1.165, 1.54) is 30.3 Å². The normalized spacial score (nSPS) is 14.1. The molecule has 0 atom stereocenters. The average molecular weight is 489 g/mol. The summed E-state index contributed by atoms with van der Waals surface area (Å²) < 4.78 is 57.5. The molecule has 1 aliphatic carbocycles. The van der Waals surface area contributed by atoms with Crippen molar-refractivity contribution in [1.29, 1.82) is 0 Å². The standard InChI is InChI=1S/C19H19BrF2N2O4S/c20-15-6-7-17(28-19(21)22)14(8-15)11-23-18(25)13-2-1-3-16(9-13)29(26,27)24-10-12-4-5-12/h1-3,6-9,12,19,24H,4-5,10-11H2,(H,23,25). The Hall–Kier alpha value is -2.04. The molecule has 1 amide bonds. The summed E-state index contributed by atoms with van der Waals surface area (Å²) >= 11 is 3.25. The van der Waals surface area contributed by atoms with Gasteiger partial charge in [0.2, 0.25) is 10.0 Å². The maximum Gasteiger partial charge on any atom is 0.387 e. The van der Waals surface area contributed by atoms with Gasteiger partial charge in [0.15, 0.2) is 0 Å². The zero-order valence-electron chi connectivity index (χ0n) is 15.2. The quantitative estimate of drug-likeness (QED) is 0.563. The Labute approximate surface area is 175 Å². The molecule has 1 saturated carbocycles. The number of halogens is 3. The van der Waals surface area contributed by atoms with Crippen LogP contribution in [0.15, 0.2) is 51.8 Å². The van der Waals surface area contributed by atoms with Crippen molar-refractivity contribution in [2.75, 3.05) is 6.54 Å². The second-order valence-corrected chi connectivity index (χ2v) is 9.32. The highest BCUT2D eigenvalue weighted by molar-refractivity contribution is 9.10. The minimum atomic E-state index is -3.70. The summed E-state index contributed by atoms with van der Waals surface area (Å²) in [5, 5.41) is 2.60. The van der Waals surface area contributed by atoms with Gasteiger partial charge in [0.05, 0.1) is 4.90 Å². The molecule has 0 saturated heterocycles. The molecule has 3 rings (SSSR count). The highest BCUT2D eigenvalue weighted by atomic mass is 79.9. The Balaban J connectivity index is 1.69. The molecular formula is C19H19BrF2N2O4S. The van der Waals surface area contributed by atoms with Crippen molar-refractivity contribution in [3.8, 4) is 5.75 Å². The van der Waals surface area contributed by atoms with Gasteiger partial charge in [-0.25, -0.2) is 13.1 Å². The van der Waals surface area contributed by atoms with Crippen molar-refractivity contribution < 1.29 is 26.7 Å². The fourth-order valence-corrected chi connectivity index (χ4v) is 4.18. The Morgan fingerprint density at radius 3 is 2.66 bits per heavy atom. The fourth-order valence-electron chi connectivity index (χ4n) is 2.61. The fraction of sp³-hybridized carbons (Fsp3) is 0.316. The van der Waals surface area contributed by atoms with Gasteiger partial charge in [-0.2, -0.15) is 8.78 Å². The van der Waals surface area contributed by atoms with Gasteiger partial charge in [0.1, 0.15) is 5.75 Å². The molecule has 2 aromatic carbocycles. The Kier molecular flexibility index (Phi) is 6.86. The van der Waals surface area contributed by atoms with E-state index in [9.17, 15) is 22.0 Å². The SMILES string of the molecule is O=C(NCc1cc(Br)ccc1OC(F)F)c1cccc(S(=O)(=O)NCC2CC2)c1. The third-order valence-corrected chi connectivity index (χ3v) is 6.26. The minimum Gasteiger partial charge on any atom is -0.434 e. The van der Waals surface area contributed by atoms with Crippen molar-refractivity contribution in [1.82, 2.24) is 10.0 Å². The lowest BCUT2D eigenvalue weighted by Crippen LogP contribution is -2.27. The molecule has 0 spiro atoms. The number of benzene rings is 2. The number of hydrogen-bond donors (Lipinski definition) is 2. The average Bonchev–Trinajstić information content (AvgIpc) is 3.51. The Bertz CT molecular complexity index is 997. The molecule has 0 aromatic heterocycles. The Morgan fingerprint density at radius 2 is 1.97 bits per heavy atom. The van der Waals surface area contributed by atoms with Crippen LogP contribution in [-0.2, 0) is 16.6 Å². The number of sulfonamides is 1. The summed E-state index contributed by atoms with van der Waals surface area (Å²) in [5.74, 6) is -0.206. The lowest BCUT2D eigenvalue weighted by atomic mass is 10.1. The van der Waals surface area contributed by atoms with E-state index < -0.39 is 22.5 Å². The molecule has 2 N–H and O–H groups in total. The lowest BCUT2D eigenvalue weighted by Gasteiger charge is -2.12. The second-order valence-electron chi connectivity index (χ2n) is 6.64. The van der Waals surface area contributed by atoms with Crippen LogP contribution in [0.25, 0.3) is 0 Å². The molecular weight excluding hydrogens is 470 g/mol. The van der Waals surface area contributed by atoms with Crippen LogP contribution in [0.3, 0.4) is 0 Å². The number of ether oxygens (including phenoxy) is 1. The number of alkyl halides is 2. The molecule has 10 heteroatoms. The predicted octanol–water partition coefficient (Wildman–Crippen LogP) is 3.67. The van der Waals surface area contributed by atoms with Crippen LogP contribution in [0.2, 0.25) is 0 Å². The maximum absolute atomic E-state index is 12.6. The molecule has 0 aliphatic heterocycles. The molecule has 1 fully saturated rings. The van der Waals surface area contributed by atoms with Crippen LogP contribution in [0.1, 0.15) is 28.8 Å². The molecule has 6 nitrogen and oxygen atoms in total. The van der Waals surface area contributed by atoms with Gasteiger partial charge in [0.25, 0.3) is 5.91 Å². The molecule has 0 bridgehead atoms. The van der Waals surface area contributed by atoms with Crippen LogP contribution in [0.4, 0.5) is 8.78 Å². The largest absolute Gasteiger partial charge is 0.434 e.